The van der Waals surface area contributed by atoms with E-state index in [1.165, 1.54) is 10.1 Å². The third-order valence-corrected chi connectivity index (χ3v) is 5.42. The van der Waals surface area contributed by atoms with E-state index in [1.807, 2.05) is 24.3 Å². The summed E-state index contributed by atoms with van der Waals surface area (Å²) in [5, 5.41) is 11.5. The van der Waals surface area contributed by atoms with Gasteiger partial charge in [0.15, 0.2) is 0 Å². The zero-order valence-corrected chi connectivity index (χ0v) is 12.0. The summed E-state index contributed by atoms with van der Waals surface area (Å²) in [4.78, 5) is 1.98. The van der Waals surface area contributed by atoms with Crippen molar-refractivity contribution in [2.75, 3.05) is 0 Å². The molecule has 1 unspecified atom stereocenters. The second kappa shape index (κ2) is 4.53. The number of fused-ring (bicyclic) bond motifs is 1. The summed E-state index contributed by atoms with van der Waals surface area (Å²) in [5.41, 5.74) is 0. The molecule has 0 saturated carbocycles. The van der Waals surface area contributed by atoms with E-state index in [0.29, 0.717) is 0 Å². The Kier molecular flexibility index (Phi) is 3.04. The van der Waals surface area contributed by atoms with Crippen LogP contribution < -0.4 is 0 Å². The Morgan fingerprint density at radius 2 is 1.82 bits per heavy atom. The van der Waals surface area contributed by atoms with Crippen molar-refractivity contribution < 1.29 is 5.11 Å². The lowest BCUT2D eigenvalue weighted by Gasteiger charge is -2.04. The van der Waals surface area contributed by atoms with Gasteiger partial charge in [0, 0.05) is 14.5 Å². The molecule has 1 aromatic carbocycles. The molecule has 1 atom stereocenters. The summed E-state index contributed by atoms with van der Waals surface area (Å²) in [5.74, 6) is 0. The SMILES string of the molecule is OC(c1ccc(Br)s1)c1cc2ccccc2s1. The molecule has 0 aliphatic heterocycles. The lowest BCUT2D eigenvalue weighted by atomic mass is 10.2. The first kappa shape index (κ1) is 11.4. The Balaban J connectivity index is 2.03. The third kappa shape index (κ3) is 2.18. The van der Waals surface area contributed by atoms with Gasteiger partial charge >= 0.3 is 0 Å². The summed E-state index contributed by atoms with van der Waals surface area (Å²) >= 11 is 6.64. The normalized spacial score (nSPS) is 13.1. The van der Waals surface area contributed by atoms with Crippen molar-refractivity contribution in [3.63, 3.8) is 0 Å². The molecule has 17 heavy (non-hydrogen) atoms. The zero-order valence-electron chi connectivity index (χ0n) is 8.76. The Labute approximate surface area is 115 Å². The first-order valence-corrected chi connectivity index (χ1v) is 7.58. The first-order valence-electron chi connectivity index (χ1n) is 5.16. The molecular weight excluding hydrogens is 316 g/mol. The number of benzene rings is 1. The highest BCUT2D eigenvalue weighted by molar-refractivity contribution is 9.11. The first-order chi connectivity index (χ1) is 8.24. The lowest BCUT2D eigenvalue weighted by Crippen LogP contribution is -1.92. The Morgan fingerprint density at radius 1 is 1.00 bits per heavy atom. The van der Waals surface area contributed by atoms with Gasteiger partial charge in [0.2, 0.25) is 0 Å². The van der Waals surface area contributed by atoms with Gasteiger partial charge in [-0.05, 0) is 45.6 Å². The maximum absolute atomic E-state index is 10.3. The monoisotopic (exact) mass is 324 g/mol. The molecule has 0 saturated heterocycles. The van der Waals surface area contributed by atoms with E-state index in [1.54, 1.807) is 22.7 Å². The molecule has 4 heteroatoms. The number of aliphatic hydroxyl groups is 1. The number of hydrogen-bond donors (Lipinski definition) is 1. The topological polar surface area (TPSA) is 20.2 Å². The Morgan fingerprint density at radius 3 is 2.53 bits per heavy atom. The molecule has 3 aromatic rings. The van der Waals surface area contributed by atoms with Crippen LogP contribution >= 0.6 is 38.6 Å². The average Bonchev–Trinajstić information content (AvgIpc) is 2.93. The van der Waals surface area contributed by atoms with Crippen LogP contribution in [0.5, 0.6) is 0 Å². The van der Waals surface area contributed by atoms with E-state index in [9.17, 15) is 5.11 Å². The van der Waals surface area contributed by atoms with Crippen molar-refractivity contribution in [1.82, 2.24) is 0 Å². The fourth-order valence-electron chi connectivity index (χ4n) is 1.75. The Hall–Kier alpha value is -0.680. The van der Waals surface area contributed by atoms with Gasteiger partial charge in [0.25, 0.3) is 0 Å². The fraction of sp³-hybridized carbons (Fsp3) is 0.0769. The maximum Gasteiger partial charge on any atom is 0.122 e. The highest BCUT2D eigenvalue weighted by Gasteiger charge is 2.15. The minimum absolute atomic E-state index is 0.510. The van der Waals surface area contributed by atoms with Crippen molar-refractivity contribution in [2.45, 2.75) is 6.10 Å². The van der Waals surface area contributed by atoms with Crippen molar-refractivity contribution >= 4 is 48.7 Å². The minimum Gasteiger partial charge on any atom is -0.382 e. The predicted molar refractivity (Wildman–Crippen MR) is 77.9 cm³/mol. The van der Waals surface area contributed by atoms with E-state index in [2.05, 4.69) is 34.1 Å². The van der Waals surface area contributed by atoms with Crippen LogP contribution in [0.4, 0.5) is 0 Å². The van der Waals surface area contributed by atoms with E-state index in [0.717, 1.165) is 13.5 Å². The molecule has 86 valence electrons. The number of aliphatic hydroxyl groups excluding tert-OH is 1. The molecule has 2 heterocycles. The predicted octanol–water partition coefficient (Wildman–Crippen LogP) is 4.81. The molecule has 0 aliphatic carbocycles. The van der Waals surface area contributed by atoms with Gasteiger partial charge < -0.3 is 5.11 Å². The van der Waals surface area contributed by atoms with Crippen LogP contribution in [0.1, 0.15) is 15.9 Å². The molecule has 0 spiro atoms. The smallest absolute Gasteiger partial charge is 0.122 e. The number of halogens is 1. The van der Waals surface area contributed by atoms with Gasteiger partial charge in [-0.1, -0.05) is 18.2 Å². The van der Waals surface area contributed by atoms with Gasteiger partial charge in [-0.3, -0.25) is 0 Å². The molecular formula is C13H9BrOS2. The van der Waals surface area contributed by atoms with E-state index in [4.69, 9.17) is 0 Å². The standard InChI is InChI=1S/C13H9BrOS2/c14-12-6-5-10(17-12)13(15)11-7-8-3-1-2-4-9(8)16-11/h1-7,13,15H. The number of thiophene rings is 2. The second-order valence-electron chi connectivity index (χ2n) is 3.73. The van der Waals surface area contributed by atoms with Crippen LogP contribution in [-0.4, -0.2) is 5.11 Å². The van der Waals surface area contributed by atoms with Crippen LogP contribution in [0.2, 0.25) is 0 Å². The van der Waals surface area contributed by atoms with Crippen LogP contribution in [0.25, 0.3) is 10.1 Å². The zero-order chi connectivity index (χ0) is 11.8. The highest BCUT2D eigenvalue weighted by atomic mass is 79.9. The molecule has 0 amide bonds. The molecule has 1 N–H and O–H groups in total. The Bertz CT molecular complexity index is 623. The quantitative estimate of drug-likeness (QED) is 0.717. The van der Waals surface area contributed by atoms with Crippen LogP contribution in [0.3, 0.4) is 0 Å². The van der Waals surface area contributed by atoms with Gasteiger partial charge in [0.1, 0.15) is 6.10 Å². The van der Waals surface area contributed by atoms with E-state index >= 15 is 0 Å². The van der Waals surface area contributed by atoms with Gasteiger partial charge in [0.05, 0.1) is 3.79 Å². The lowest BCUT2D eigenvalue weighted by molar-refractivity contribution is 0.228. The van der Waals surface area contributed by atoms with Crippen LogP contribution in [0.15, 0.2) is 46.3 Å². The molecule has 0 aliphatic rings. The summed E-state index contributed by atoms with van der Waals surface area (Å²) in [6.07, 6.45) is -0.510. The highest BCUT2D eigenvalue weighted by Crippen LogP contribution is 2.36. The van der Waals surface area contributed by atoms with E-state index < -0.39 is 6.10 Å². The van der Waals surface area contributed by atoms with Crippen molar-refractivity contribution in [1.29, 1.82) is 0 Å². The molecule has 1 nitrogen and oxygen atoms in total. The van der Waals surface area contributed by atoms with Crippen molar-refractivity contribution in [3.05, 3.63) is 56.0 Å². The van der Waals surface area contributed by atoms with Crippen LogP contribution in [-0.2, 0) is 0 Å². The van der Waals surface area contributed by atoms with Crippen molar-refractivity contribution in [2.24, 2.45) is 0 Å². The maximum atomic E-state index is 10.3. The summed E-state index contributed by atoms with van der Waals surface area (Å²) in [6.45, 7) is 0. The second-order valence-corrected chi connectivity index (χ2v) is 7.34. The molecule has 0 fully saturated rings. The molecule has 0 bridgehead atoms. The van der Waals surface area contributed by atoms with E-state index in [-0.39, 0.29) is 0 Å². The number of rotatable bonds is 2. The summed E-state index contributed by atoms with van der Waals surface area (Å²) in [7, 11) is 0. The molecule has 3 rings (SSSR count). The van der Waals surface area contributed by atoms with Crippen molar-refractivity contribution in [3.8, 4) is 0 Å². The van der Waals surface area contributed by atoms with Gasteiger partial charge in [-0.2, -0.15) is 0 Å². The van der Waals surface area contributed by atoms with Gasteiger partial charge in [-0.15, -0.1) is 22.7 Å². The fourth-order valence-corrected chi connectivity index (χ4v) is 4.33. The molecule has 0 radical (unpaired) electrons. The molecule has 2 aromatic heterocycles. The summed E-state index contributed by atoms with van der Waals surface area (Å²) in [6, 6.07) is 14.2. The van der Waals surface area contributed by atoms with Crippen LogP contribution in [0, 0.1) is 0 Å². The van der Waals surface area contributed by atoms with Gasteiger partial charge in [-0.25, -0.2) is 0 Å². The third-order valence-electron chi connectivity index (χ3n) is 2.58. The average molecular weight is 325 g/mol. The number of hydrogen-bond acceptors (Lipinski definition) is 3. The minimum atomic E-state index is -0.510. The summed E-state index contributed by atoms with van der Waals surface area (Å²) < 4.78 is 2.27. The largest absolute Gasteiger partial charge is 0.382 e.